The van der Waals surface area contributed by atoms with Crippen molar-refractivity contribution >= 4 is 56.6 Å². The first-order valence-electron chi connectivity index (χ1n) is 16.2. The zero-order valence-electron chi connectivity index (χ0n) is 27.5. The van der Waals surface area contributed by atoms with Gasteiger partial charge >= 0.3 is 12.0 Å². The fraction of sp³-hybridized carbons (Fsp3) is 0.412. The van der Waals surface area contributed by atoms with E-state index in [4.69, 9.17) is 54.4 Å². The molecule has 1 saturated carbocycles. The number of benzene rings is 2. The topological polar surface area (TPSA) is 109 Å². The lowest BCUT2D eigenvalue weighted by Gasteiger charge is -2.38. The molecule has 0 amide bonds. The fourth-order valence-electron chi connectivity index (χ4n) is 6.37. The minimum Gasteiger partial charge on any atom is -0.424 e. The molecule has 2 aliphatic rings. The van der Waals surface area contributed by atoms with Gasteiger partial charge in [-0.05, 0) is 111 Å². The third-order valence-electron chi connectivity index (χ3n) is 8.60. The van der Waals surface area contributed by atoms with E-state index in [1.807, 2.05) is 54.9 Å². The molecule has 49 heavy (non-hydrogen) atoms. The van der Waals surface area contributed by atoms with E-state index in [1.165, 1.54) is 19.2 Å². The molecule has 1 aliphatic carbocycles. The van der Waals surface area contributed by atoms with Gasteiger partial charge in [-0.1, -0.05) is 46.9 Å². The first-order valence-corrected chi connectivity index (χ1v) is 18.1. The van der Waals surface area contributed by atoms with E-state index in [0.29, 0.717) is 61.2 Å². The highest BCUT2D eigenvalue weighted by atomic mass is 79.9. The molecule has 4 heterocycles. The van der Waals surface area contributed by atoms with Gasteiger partial charge in [0.2, 0.25) is 4.73 Å². The Bertz CT molecular complexity index is 1870. The van der Waals surface area contributed by atoms with Crippen LogP contribution in [0.4, 0.5) is 5.82 Å². The van der Waals surface area contributed by atoms with E-state index in [9.17, 15) is 0 Å². The molecule has 2 bridgehead atoms. The van der Waals surface area contributed by atoms with Crippen molar-refractivity contribution in [3.63, 3.8) is 0 Å². The van der Waals surface area contributed by atoms with Gasteiger partial charge < -0.3 is 14.4 Å². The summed E-state index contributed by atoms with van der Waals surface area (Å²) in [5, 5.41) is 10.7. The van der Waals surface area contributed by atoms with Crippen molar-refractivity contribution in [1.82, 2.24) is 39.5 Å². The molecule has 0 radical (unpaired) electrons. The zero-order chi connectivity index (χ0) is 34.7. The Morgan fingerprint density at radius 3 is 1.90 bits per heavy atom. The van der Waals surface area contributed by atoms with E-state index in [2.05, 4.69) is 54.7 Å². The molecule has 3 atom stereocenters. The summed E-state index contributed by atoms with van der Waals surface area (Å²) in [4.78, 5) is 19.7. The molecule has 11 nitrogen and oxygen atoms in total. The zero-order valence-corrected chi connectivity index (χ0v) is 31.4. The number of ether oxygens (including phenoxy) is 2. The summed E-state index contributed by atoms with van der Waals surface area (Å²) in [5.74, 6) is 4.80. The maximum absolute atomic E-state index is 6.11. The quantitative estimate of drug-likeness (QED) is 0.135. The van der Waals surface area contributed by atoms with Crippen molar-refractivity contribution in [1.29, 1.82) is 0 Å². The molecule has 258 valence electrons. The minimum absolute atomic E-state index is 0.145. The summed E-state index contributed by atoms with van der Waals surface area (Å²) in [6.07, 6.45) is 4.84. The summed E-state index contributed by atoms with van der Waals surface area (Å²) in [6.45, 7) is 10.1. The normalized spacial score (nSPS) is 18.5. The molecule has 5 aromatic rings. The Morgan fingerprint density at radius 1 is 0.776 bits per heavy atom. The third kappa shape index (κ3) is 8.83. The lowest BCUT2D eigenvalue weighted by Crippen LogP contribution is -2.43. The Hall–Kier alpha value is -3.45. The second kappa shape index (κ2) is 15.6. The van der Waals surface area contributed by atoms with Gasteiger partial charge in [0.1, 0.15) is 28.8 Å². The molecule has 0 spiro atoms. The van der Waals surface area contributed by atoms with Crippen LogP contribution in [-0.4, -0.2) is 52.6 Å². The fourth-order valence-corrected chi connectivity index (χ4v) is 7.19. The van der Waals surface area contributed by atoms with Crippen LogP contribution in [0.5, 0.6) is 23.5 Å². The summed E-state index contributed by atoms with van der Waals surface area (Å²) in [7, 11) is 0. The van der Waals surface area contributed by atoms with E-state index >= 15 is 0 Å². The van der Waals surface area contributed by atoms with Crippen LogP contribution in [0.15, 0.2) is 65.7 Å². The van der Waals surface area contributed by atoms with Crippen LogP contribution in [-0.2, 0) is 6.42 Å². The second-order valence-electron chi connectivity index (χ2n) is 12.7. The van der Waals surface area contributed by atoms with Crippen LogP contribution in [0.2, 0.25) is 15.2 Å². The van der Waals surface area contributed by atoms with Gasteiger partial charge in [-0.25, -0.2) is 19.3 Å². The van der Waals surface area contributed by atoms with E-state index < -0.39 is 0 Å². The number of hydrogen-bond donors (Lipinski definition) is 0. The number of rotatable bonds is 9. The largest absolute Gasteiger partial charge is 0.424 e. The Kier molecular flexibility index (Phi) is 11.3. The average molecular weight is 790 g/mol. The van der Waals surface area contributed by atoms with E-state index in [-0.39, 0.29) is 12.1 Å². The smallest absolute Gasteiger partial charge is 0.321 e. The highest BCUT2D eigenvalue weighted by molar-refractivity contribution is 9.10. The Balaban J connectivity index is 0.000000207. The molecule has 15 heteroatoms. The van der Waals surface area contributed by atoms with Crippen molar-refractivity contribution in [3.8, 4) is 23.5 Å². The van der Waals surface area contributed by atoms with Gasteiger partial charge in [-0.15, -0.1) is 5.10 Å². The summed E-state index contributed by atoms with van der Waals surface area (Å²) in [6, 6.07) is 17.6. The van der Waals surface area contributed by atoms with Crippen molar-refractivity contribution in [2.45, 2.75) is 59.0 Å². The van der Waals surface area contributed by atoms with Crippen LogP contribution in [0.25, 0.3) is 0 Å². The molecular formula is C34H37BrCl3N9O2. The van der Waals surface area contributed by atoms with E-state index in [0.717, 1.165) is 31.2 Å². The lowest BCUT2D eigenvalue weighted by molar-refractivity contribution is 0.264. The summed E-state index contributed by atoms with van der Waals surface area (Å²) < 4.78 is 15.8. The number of fused-ring (bicyclic) bond motifs is 2. The van der Waals surface area contributed by atoms with Crippen LogP contribution < -0.4 is 14.4 Å². The number of piperidine rings is 1. The Morgan fingerprint density at radius 2 is 1.35 bits per heavy atom. The van der Waals surface area contributed by atoms with Crippen LogP contribution in [0.3, 0.4) is 0 Å². The number of anilines is 1. The molecule has 1 aliphatic heterocycles. The Labute approximate surface area is 309 Å². The standard InChI is InChI=1S/C23H26Cl2N6O.C11H11BrClN3O/c1-14(2)31-23(32-18-5-3-4-17(24)8-18)28-21(29-31)9-19-15-6-7-16(19)12-30(11-15)22-10-20(25)26-13-27-22;1-7(2)16-11(14-10(12)15-16)17-9-5-3-4-8(13)6-9/h3-5,8,10,13-16,19H,6-7,9,11-12H2,1-2H3;3-7H,1-2H3/t15-,16+,19?;. The SMILES string of the molecule is CC(C)n1nc(Br)nc1Oc1cccc(Cl)c1.CC(C)n1nc(CC2[C@@H]3CC[C@H]2CN(c2cc(Cl)ncn2)C3)nc1Oc1cccc(Cl)c1. The van der Waals surface area contributed by atoms with Gasteiger partial charge in [0.15, 0.2) is 5.82 Å². The summed E-state index contributed by atoms with van der Waals surface area (Å²) >= 11 is 21.3. The molecular weight excluding hydrogens is 753 g/mol. The molecule has 2 aromatic carbocycles. The molecule has 1 unspecified atom stereocenters. The molecule has 3 aromatic heterocycles. The highest BCUT2D eigenvalue weighted by Gasteiger charge is 2.43. The van der Waals surface area contributed by atoms with Gasteiger partial charge in [0.25, 0.3) is 0 Å². The highest BCUT2D eigenvalue weighted by Crippen LogP contribution is 2.44. The minimum atomic E-state index is 0.145. The molecule has 0 N–H and O–H groups in total. The number of hydrogen-bond acceptors (Lipinski definition) is 9. The van der Waals surface area contributed by atoms with Crippen LogP contribution >= 0.6 is 50.7 Å². The maximum atomic E-state index is 6.11. The van der Waals surface area contributed by atoms with Gasteiger partial charge in [0, 0.05) is 35.6 Å². The molecule has 1 saturated heterocycles. The molecule has 2 fully saturated rings. The third-order valence-corrected chi connectivity index (χ3v) is 9.61. The maximum Gasteiger partial charge on any atom is 0.321 e. The van der Waals surface area contributed by atoms with Gasteiger partial charge in [-0.3, -0.25) is 0 Å². The average Bonchev–Trinajstić information content (AvgIpc) is 3.69. The summed E-state index contributed by atoms with van der Waals surface area (Å²) in [5.41, 5.74) is 0. The predicted octanol–water partition coefficient (Wildman–Crippen LogP) is 9.52. The number of nitrogens with zero attached hydrogens (tertiary/aromatic N) is 9. The lowest BCUT2D eigenvalue weighted by atomic mass is 9.82. The monoisotopic (exact) mass is 787 g/mol. The molecule has 7 rings (SSSR count). The van der Waals surface area contributed by atoms with Crippen LogP contribution in [0, 0.1) is 17.8 Å². The van der Waals surface area contributed by atoms with Gasteiger partial charge in [-0.2, -0.15) is 15.1 Å². The van der Waals surface area contributed by atoms with Gasteiger partial charge in [0.05, 0.1) is 12.1 Å². The van der Waals surface area contributed by atoms with Crippen molar-refractivity contribution in [3.05, 3.63) is 86.7 Å². The van der Waals surface area contributed by atoms with Crippen molar-refractivity contribution in [2.75, 3.05) is 18.0 Å². The number of halogens is 4. The first-order chi connectivity index (χ1) is 23.5. The number of aromatic nitrogens is 8. The van der Waals surface area contributed by atoms with E-state index in [1.54, 1.807) is 22.9 Å². The van der Waals surface area contributed by atoms with Crippen molar-refractivity contribution in [2.24, 2.45) is 17.8 Å². The second-order valence-corrected chi connectivity index (χ2v) is 14.7. The van der Waals surface area contributed by atoms with Crippen molar-refractivity contribution < 1.29 is 9.47 Å². The first kappa shape index (κ1) is 35.4. The van der Waals surface area contributed by atoms with Crippen LogP contribution in [0.1, 0.15) is 58.4 Å². The predicted molar refractivity (Wildman–Crippen MR) is 194 cm³/mol.